The van der Waals surface area contributed by atoms with Crippen LogP contribution in [0.4, 0.5) is 17.3 Å². The second-order valence-electron chi connectivity index (χ2n) is 7.91. The molecule has 1 unspecified atom stereocenters. The van der Waals surface area contributed by atoms with Gasteiger partial charge in [-0.1, -0.05) is 71.8 Å². The van der Waals surface area contributed by atoms with Gasteiger partial charge >= 0.3 is 5.97 Å². The molecule has 0 fully saturated rings. The van der Waals surface area contributed by atoms with E-state index in [2.05, 4.69) is 15.3 Å². The van der Waals surface area contributed by atoms with E-state index in [-0.39, 0.29) is 22.0 Å². The Balaban J connectivity index is 1.47. The maximum absolute atomic E-state index is 12.6. The van der Waals surface area contributed by atoms with Crippen LogP contribution in [0.5, 0.6) is 0 Å². The zero-order valence-electron chi connectivity index (χ0n) is 19.5. The molecule has 3 aromatic carbocycles. The van der Waals surface area contributed by atoms with Crippen LogP contribution in [0.15, 0.2) is 97.3 Å². The van der Waals surface area contributed by atoms with Gasteiger partial charge in [-0.2, -0.15) is 0 Å². The largest absolute Gasteiger partial charge is 0.480 e. The molecule has 37 heavy (non-hydrogen) atoms. The fourth-order valence-electron chi connectivity index (χ4n) is 3.61. The molecule has 1 amide bonds. The van der Waals surface area contributed by atoms with Crippen LogP contribution in [0, 0.1) is 0 Å². The van der Waals surface area contributed by atoms with Crippen LogP contribution in [0.25, 0.3) is 6.08 Å². The van der Waals surface area contributed by atoms with Crippen LogP contribution in [0.3, 0.4) is 0 Å². The highest BCUT2D eigenvalue weighted by molar-refractivity contribution is 6.39. The maximum atomic E-state index is 12.6. The number of anilines is 3. The summed E-state index contributed by atoms with van der Waals surface area (Å²) < 4.78 is 0. The molecule has 7 nitrogen and oxygen atoms in total. The molecule has 0 saturated heterocycles. The molecule has 0 aliphatic rings. The van der Waals surface area contributed by atoms with Crippen molar-refractivity contribution in [1.29, 1.82) is 0 Å². The fraction of sp³-hybridized carbons (Fsp3) is 0.0714. The first-order valence-corrected chi connectivity index (χ1v) is 12.1. The number of benzene rings is 3. The number of carboxylic acids is 1. The van der Waals surface area contributed by atoms with Crippen molar-refractivity contribution in [2.24, 2.45) is 0 Å². The number of carbonyl (C=O) groups is 2. The van der Waals surface area contributed by atoms with Crippen molar-refractivity contribution in [2.45, 2.75) is 12.5 Å². The molecule has 4 rings (SSSR count). The van der Waals surface area contributed by atoms with Gasteiger partial charge in [-0.15, -0.1) is 0 Å². The minimum Gasteiger partial charge on any atom is -0.480 e. The maximum Gasteiger partial charge on any atom is 0.326 e. The Morgan fingerprint density at radius 2 is 1.49 bits per heavy atom. The average molecular weight is 533 g/mol. The van der Waals surface area contributed by atoms with Gasteiger partial charge < -0.3 is 10.4 Å². The quantitative estimate of drug-likeness (QED) is 0.254. The molecule has 0 saturated carbocycles. The number of nitrogens with zero attached hydrogens (tertiary/aromatic N) is 3. The lowest BCUT2D eigenvalue weighted by Crippen LogP contribution is -2.40. The standard InChI is InChI=1S/C28H22Cl2N4O3/c29-22-10-5-11-23(30)25(22)26(35)33-24(27(36)37)12-4-7-19-13-15-21(16-14-19)34(20-8-2-1-3-9-20)28-31-17-6-18-32-28/h1-11,13-18,24H,12H2,(H,33,35)(H,36,37)/b7-4+. The second kappa shape index (κ2) is 12.2. The molecule has 2 N–H and O–H groups in total. The molecule has 0 radical (unpaired) electrons. The number of hydrogen-bond acceptors (Lipinski definition) is 5. The zero-order valence-corrected chi connectivity index (χ0v) is 21.0. The van der Waals surface area contributed by atoms with E-state index in [1.807, 2.05) is 59.5 Å². The van der Waals surface area contributed by atoms with Crippen molar-refractivity contribution in [2.75, 3.05) is 4.90 Å². The minimum absolute atomic E-state index is 0.0435. The van der Waals surface area contributed by atoms with Gasteiger partial charge in [0.2, 0.25) is 5.95 Å². The normalized spacial score (nSPS) is 11.7. The summed E-state index contributed by atoms with van der Waals surface area (Å²) in [4.78, 5) is 35.0. The molecule has 0 aliphatic carbocycles. The molecule has 0 spiro atoms. The Labute approximate surface area is 224 Å². The lowest BCUT2D eigenvalue weighted by atomic mass is 10.1. The van der Waals surface area contributed by atoms with Gasteiger partial charge in [0, 0.05) is 23.8 Å². The van der Waals surface area contributed by atoms with Gasteiger partial charge in [0.15, 0.2) is 0 Å². The predicted molar refractivity (Wildman–Crippen MR) is 146 cm³/mol. The number of para-hydroxylation sites is 1. The summed E-state index contributed by atoms with van der Waals surface area (Å²) in [5.74, 6) is -1.28. The first-order valence-electron chi connectivity index (χ1n) is 11.3. The summed E-state index contributed by atoms with van der Waals surface area (Å²) in [5, 5.41) is 12.4. The third-order valence-electron chi connectivity index (χ3n) is 5.39. The Morgan fingerprint density at radius 3 is 2.11 bits per heavy atom. The lowest BCUT2D eigenvalue weighted by molar-refractivity contribution is -0.139. The molecule has 0 aliphatic heterocycles. The smallest absolute Gasteiger partial charge is 0.326 e. The summed E-state index contributed by atoms with van der Waals surface area (Å²) in [6.07, 6.45) is 6.93. The third kappa shape index (κ3) is 6.52. The summed E-state index contributed by atoms with van der Waals surface area (Å²) >= 11 is 12.1. The molecule has 1 heterocycles. The first kappa shape index (κ1) is 25.9. The van der Waals surface area contributed by atoms with E-state index < -0.39 is 17.9 Å². The summed E-state index contributed by atoms with van der Waals surface area (Å²) in [6, 6.07) is 22.7. The molecule has 1 aromatic heterocycles. The van der Waals surface area contributed by atoms with E-state index in [9.17, 15) is 14.7 Å². The molecular formula is C28H22Cl2N4O3. The van der Waals surface area contributed by atoms with Crippen LogP contribution < -0.4 is 10.2 Å². The Morgan fingerprint density at radius 1 is 0.865 bits per heavy atom. The van der Waals surface area contributed by atoms with Crippen molar-refractivity contribution in [3.8, 4) is 0 Å². The number of carbonyl (C=O) groups excluding carboxylic acids is 1. The summed E-state index contributed by atoms with van der Waals surface area (Å²) in [5.41, 5.74) is 2.68. The van der Waals surface area contributed by atoms with E-state index in [0.717, 1.165) is 16.9 Å². The van der Waals surface area contributed by atoms with Crippen molar-refractivity contribution in [3.63, 3.8) is 0 Å². The number of aromatic nitrogens is 2. The molecule has 0 bridgehead atoms. The molecule has 9 heteroatoms. The summed E-state index contributed by atoms with van der Waals surface area (Å²) in [6.45, 7) is 0. The topological polar surface area (TPSA) is 95.4 Å². The third-order valence-corrected chi connectivity index (χ3v) is 6.02. The number of nitrogens with one attached hydrogen (secondary N) is 1. The predicted octanol–water partition coefficient (Wildman–Crippen LogP) is 6.54. The van der Waals surface area contributed by atoms with E-state index in [0.29, 0.717) is 5.95 Å². The molecular weight excluding hydrogens is 511 g/mol. The van der Waals surface area contributed by atoms with Gasteiger partial charge in [-0.3, -0.25) is 9.69 Å². The highest BCUT2D eigenvalue weighted by Crippen LogP contribution is 2.31. The van der Waals surface area contributed by atoms with E-state index in [4.69, 9.17) is 23.2 Å². The zero-order chi connectivity index (χ0) is 26.2. The second-order valence-corrected chi connectivity index (χ2v) is 8.72. The van der Waals surface area contributed by atoms with Gasteiger partial charge in [0.1, 0.15) is 6.04 Å². The number of hydrogen-bond donors (Lipinski definition) is 2. The van der Waals surface area contributed by atoms with Crippen LogP contribution in [0.1, 0.15) is 22.3 Å². The highest BCUT2D eigenvalue weighted by atomic mass is 35.5. The highest BCUT2D eigenvalue weighted by Gasteiger charge is 2.22. The van der Waals surface area contributed by atoms with Gasteiger partial charge in [-0.05, 0) is 54.4 Å². The minimum atomic E-state index is -1.17. The molecule has 186 valence electrons. The number of rotatable bonds is 9. The van der Waals surface area contributed by atoms with E-state index in [1.165, 1.54) is 12.1 Å². The van der Waals surface area contributed by atoms with E-state index in [1.54, 1.807) is 36.7 Å². The average Bonchev–Trinajstić information content (AvgIpc) is 2.90. The first-order chi connectivity index (χ1) is 17.9. The number of amides is 1. The van der Waals surface area contributed by atoms with Crippen LogP contribution >= 0.6 is 23.2 Å². The lowest BCUT2D eigenvalue weighted by Gasteiger charge is -2.22. The van der Waals surface area contributed by atoms with Crippen molar-refractivity contribution in [3.05, 3.63) is 119 Å². The Bertz CT molecular complexity index is 1340. The van der Waals surface area contributed by atoms with Crippen LogP contribution in [0.2, 0.25) is 10.0 Å². The van der Waals surface area contributed by atoms with Gasteiger partial charge in [-0.25, -0.2) is 14.8 Å². The Hall–Kier alpha value is -4.20. The van der Waals surface area contributed by atoms with Crippen LogP contribution in [-0.4, -0.2) is 33.0 Å². The number of carboxylic acid groups (broad SMARTS) is 1. The SMILES string of the molecule is O=C(NC(C/C=C/c1ccc(N(c2ccccc2)c2ncccn2)cc1)C(=O)O)c1c(Cl)cccc1Cl. The van der Waals surface area contributed by atoms with Crippen molar-refractivity contribution in [1.82, 2.24) is 15.3 Å². The molecule has 4 aromatic rings. The van der Waals surface area contributed by atoms with Crippen molar-refractivity contribution >= 4 is 58.5 Å². The van der Waals surface area contributed by atoms with Gasteiger partial charge in [0.25, 0.3) is 5.91 Å². The summed E-state index contributed by atoms with van der Waals surface area (Å²) in [7, 11) is 0. The van der Waals surface area contributed by atoms with E-state index >= 15 is 0 Å². The van der Waals surface area contributed by atoms with Gasteiger partial charge in [0.05, 0.1) is 15.6 Å². The van der Waals surface area contributed by atoms with Crippen molar-refractivity contribution < 1.29 is 14.7 Å². The Kier molecular flexibility index (Phi) is 8.51. The number of aliphatic carboxylic acids is 1. The monoisotopic (exact) mass is 532 g/mol. The number of halogens is 2. The van der Waals surface area contributed by atoms with Crippen LogP contribution in [-0.2, 0) is 4.79 Å². The fourth-order valence-corrected chi connectivity index (χ4v) is 4.17. The molecule has 1 atom stereocenters.